The number of hydrogen-bond donors (Lipinski definition) is 2. The third-order valence-electron chi connectivity index (χ3n) is 8.87. The highest BCUT2D eigenvalue weighted by molar-refractivity contribution is 5.87. The molecule has 3 saturated carbocycles. The second-order valence-corrected chi connectivity index (χ2v) is 10.2. The molecular formula is C24H31N3O3. The van der Waals surface area contributed by atoms with Crippen LogP contribution in [0.4, 0.5) is 4.79 Å². The van der Waals surface area contributed by atoms with Gasteiger partial charge < -0.3 is 10.5 Å². The van der Waals surface area contributed by atoms with Crippen molar-refractivity contribution in [3.05, 3.63) is 34.9 Å². The largest absolute Gasteiger partial charge is 0.458 e. The molecule has 3 fully saturated rings. The molecule has 0 unspecified atom stereocenters. The maximum absolute atomic E-state index is 11.6. The molecule has 160 valence electrons. The summed E-state index contributed by atoms with van der Waals surface area (Å²) in [4.78, 5) is 22.6. The summed E-state index contributed by atoms with van der Waals surface area (Å²) in [7, 11) is 0. The summed E-state index contributed by atoms with van der Waals surface area (Å²) in [6, 6.07) is -0.591. The van der Waals surface area contributed by atoms with E-state index < -0.39 is 6.03 Å². The van der Waals surface area contributed by atoms with E-state index in [0.29, 0.717) is 29.8 Å². The van der Waals surface area contributed by atoms with Crippen LogP contribution < -0.4 is 11.2 Å². The Bertz CT molecular complexity index is 930. The first-order chi connectivity index (χ1) is 14.3. The summed E-state index contributed by atoms with van der Waals surface area (Å²) >= 11 is 0. The third kappa shape index (κ3) is 2.87. The van der Waals surface area contributed by atoms with Gasteiger partial charge in [0.1, 0.15) is 6.61 Å². The van der Waals surface area contributed by atoms with Crippen molar-refractivity contribution in [1.82, 2.24) is 5.43 Å². The number of cyclic esters (lactones) is 1. The molecule has 0 saturated heterocycles. The number of hydrazone groups is 1. The van der Waals surface area contributed by atoms with Gasteiger partial charge in [0.2, 0.25) is 0 Å². The Morgan fingerprint density at radius 3 is 2.80 bits per heavy atom. The van der Waals surface area contributed by atoms with E-state index in [2.05, 4.69) is 36.5 Å². The molecule has 6 heteroatoms. The van der Waals surface area contributed by atoms with Gasteiger partial charge in [-0.05, 0) is 73.7 Å². The van der Waals surface area contributed by atoms with Crippen molar-refractivity contribution in [2.24, 2.45) is 39.4 Å². The molecule has 5 atom stereocenters. The zero-order valence-corrected chi connectivity index (χ0v) is 17.9. The maximum atomic E-state index is 11.6. The summed E-state index contributed by atoms with van der Waals surface area (Å²) in [6.07, 6.45) is 14.1. The quantitative estimate of drug-likeness (QED) is 0.533. The zero-order valence-electron chi connectivity index (χ0n) is 17.9. The van der Waals surface area contributed by atoms with Crippen LogP contribution in [-0.4, -0.2) is 24.3 Å². The average Bonchev–Trinajstić information content (AvgIpc) is 3.28. The van der Waals surface area contributed by atoms with Crippen molar-refractivity contribution >= 4 is 17.7 Å². The number of carbonyl (C=O) groups is 2. The Kier molecular flexibility index (Phi) is 4.46. The Hall–Kier alpha value is -2.37. The number of allylic oxidation sites excluding steroid dienone is 3. The predicted molar refractivity (Wildman–Crippen MR) is 114 cm³/mol. The average molecular weight is 410 g/mol. The first kappa shape index (κ1) is 19.6. The molecule has 2 amide bonds. The van der Waals surface area contributed by atoms with E-state index in [-0.39, 0.29) is 11.4 Å². The van der Waals surface area contributed by atoms with E-state index >= 15 is 0 Å². The molecule has 6 nitrogen and oxygen atoms in total. The van der Waals surface area contributed by atoms with Crippen LogP contribution in [0.2, 0.25) is 0 Å². The minimum Gasteiger partial charge on any atom is -0.458 e. The molecule has 0 aromatic rings. The van der Waals surface area contributed by atoms with E-state index in [1.807, 2.05) is 0 Å². The van der Waals surface area contributed by atoms with E-state index in [9.17, 15) is 9.59 Å². The fraction of sp³-hybridized carbons (Fsp3) is 0.625. The minimum atomic E-state index is -0.591. The molecular weight excluding hydrogens is 378 g/mol. The fourth-order valence-corrected chi connectivity index (χ4v) is 7.28. The number of nitrogens with zero attached hydrogens (tertiary/aromatic N) is 1. The summed E-state index contributed by atoms with van der Waals surface area (Å²) in [5, 5.41) is 4.26. The molecule has 3 N–H and O–H groups in total. The topological polar surface area (TPSA) is 93.8 Å². The van der Waals surface area contributed by atoms with Crippen LogP contribution >= 0.6 is 0 Å². The van der Waals surface area contributed by atoms with Crippen molar-refractivity contribution < 1.29 is 14.3 Å². The molecule has 4 aliphatic carbocycles. The highest BCUT2D eigenvalue weighted by Crippen LogP contribution is 2.65. The first-order valence-corrected chi connectivity index (χ1v) is 11.2. The maximum Gasteiger partial charge on any atom is 0.332 e. The Morgan fingerprint density at radius 2 is 2.07 bits per heavy atom. The van der Waals surface area contributed by atoms with Gasteiger partial charge in [-0.15, -0.1) is 0 Å². The van der Waals surface area contributed by atoms with Gasteiger partial charge in [0.15, 0.2) is 0 Å². The van der Waals surface area contributed by atoms with Gasteiger partial charge in [0, 0.05) is 22.8 Å². The fourth-order valence-electron chi connectivity index (χ4n) is 7.28. The monoisotopic (exact) mass is 409 g/mol. The summed E-state index contributed by atoms with van der Waals surface area (Å²) < 4.78 is 5.20. The van der Waals surface area contributed by atoms with Gasteiger partial charge in [-0.25, -0.2) is 15.0 Å². The predicted octanol–water partition coefficient (Wildman–Crippen LogP) is 3.99. The van der Waals surface area contributed by atoms with E-state index in [1.165, 1.54) is 24.8 Å². The number of urea groups is 1. The number of hydrogen-bond acceptors (Lipinski definition) is 4. The van der Waals surface area contributed by atoms with Crippen molar-refractivity contribution in [2.75, 3.05) is 6.61 Å². The second-order valence-electron chi connectivity index (χ2n) is 10.2. The smallest absolute Gasteiger partial charge is 0.332 e. The number of rotatable bonds is 2. The molecule has 0 aromatic heterocycles. The van der Waals surface area contributed by atoms with Crippen LogP contribution in [0.5, 0.6) is 0 Å². The summed E-state index contributed by atoms with van der Waals surface area (Å²) in [5.41, 5.74) is 13.0. The lowest BCUT2D eigenvalue weighted by atomic mass is 9.46. The second kappa shape index (κ2) is 6.82. The number of nitrogens with two attached hydrogens (primary N) is 1. The van der Waals surface area contributed by atoms with Gasteiger partial charge in [-0.3, -0.25) is 0 Å². The van der Waals surface area contributed by atoms with Crippen molar-refractivity contribution in [2.45, 2.75) is 58.8 Å². The van der Waals surface area contributed by atoms with E-state index in [0.717, 1.165) is 37.0 Å². The normalized spacial score (nSPS) is 41.1. The van der Waals surface area contributed by atoms with E-state index in [1.54, 1.807) is 11.6 Å². The van der Waals surface area contributed by atoms with Crippen molar-refractivity contribution in [1.29, 1.82) is 0 Å². The standard InChI is InChI=1S/C24H31N3O3/c1-23-9-7-16(26-27-22(25)29)12-15(23)3-4-17-19-6-5-18(14-11-21(28)30-13-14)24(19,2)10-8-20(17)23/h5-6,11,15,17,20H,3-4,7-10,12-13H2,1-2H3,(H3,25,27,29)/b26-16-/t15-,17-,20-,23-,24+/m0/s1. The molecule has 5 aliphatic rings. The molecule has 5 rings (SSSR count). The zero-order chi connectivity index (χ0) is 21.1. The number of nitrogens with one attached hydrogen (secondary N) is 1. The number of carbonyl (C=O) groups excluding carboxylic acids is 2. The summed E-state index contributed by atoms with van der Waals surface area (Å²) in [5.74, 6) is 1.70. The highest BCUT2D eigenvalue weighted by Gasteiger charge is 2.56. The van der Waals surface area contributed by atoms with Crippen LogP contribution in [0.25, 0.3) is 0 Å². The van der Waals surface area contributed by atoms with Gasteiger partial charge in [0.05, 0.1) is 0 Å². The molecule has 1 aliphatic heterocycles. The summed E-state index contributed by atoms with van der Waals surface area (Å²) in [6.45, 7) is 5.27. The Labute approximate surface area is 177 Å². The molecule has 1 heterocycles. The molecule has 0 bridgehead atoms. The molecule has 0 spiro atoms. The lowest BCUT2D eigenvalue weighted by molar-refractivity contribution is -0.134. The molecule has 30 heavy (non-hydrogen) atoms. The van der Waals surface area contributed by atoms with Gasteiger partial charge in [-0.1, -0.05) is 31.6 Å². The Morgan fingerprint density at radius 1 is 1.23 bits per heavy atom. The highest BCUT2D eigenvalue weighted by atomic mass is 16.5. The van der Waals surface area contributed by atoms with Gasteiger partial charge in [0.25, 0.3) is 0 Å². The number of fused-ring (bicyclic) bond motifs is 5. The van der Waals surface area contributed by atoms with Crippen LogP contribution in [0.3, 0.4) is 0 Å². The molecule has 0 radical (unpaired) electrons. The number of ether oxygens (including phenoxy) is 1. The van der Waals surface area contributed by atoms with Crippen LogP contribution in [0, 0.1) is 28.6 Å². The SMILES string of the molecule is C[C@]12CC[C@H]3[C@@H](CC[C@H]4C/C(=N\NC(N)=O)CC[C@@]43C)C1=CC=C2C1=CC(=O)OC1. The minimum absolute atomic E-state index is 0.0386. The lowest BCUT2D eigenvalue weighted by Crippen LogP contribution is -2.51. The number of primary amides is 1. The van der Waals surface area contributed by atoms with Gasteiger partial charge in [-0.2, -0.15) is 5.10 Å². The van der Waals surface area contributed by atoms with Crippen molar-refractivity contribution in [3.8, 4) is 0 Å². The van der Waals surface area contributed by atoms with Crippen molar-refractivity contribution in [3.63, 3.8) is 0 Å². The van der Waals surface area contributed by atoms with E-state index in [4.69, 9.17) is 10.5 Å². The van der Waals surface area contributed by atoms with Crippen LogP contribution in [0.15, 0.2) is 40.0 Å². The third-order valence-corrected chi connectivity index (χ3v) is 8.87. The number of esters is 1. The molecule has 0 aromatic carbocycles. The van der Waals surface area contributed by atoms with Crippen LogP contribution in [0.1, 0.15) is 58.8 Å². The van der Waals surface area contributed by atoms with Gasteiger partial charge >= 0.3 is 12.0 Å². The lowest BCUT2D eigenvalue weighted by Gasteiger charge is -2.58. The Balaban J connectivity index is 1.36. The van der Waals surface area contributed by atoms with Crippen LogP contribution in [-0.2, 0) is 9.53 Å². The number of amides is 2. The first-order valence-electron chi connectivity index (χ1n) is 11.2.